The fourth-order valence-electron chi connectivity index (χ4n) is 2.76. The third kappa shape index (κ3) is 3.22. The first-order valence-electron chi connectivity index (χ1n) is 7.37. The lowest BCUT2D eigenvalue weighted by Gasteiger charge is -2.29. The zero-order valence-electron chi connectivity index (χ0n) is 13.3. The monoisotopic (exact) mass is 384 g/mol. The van der Waals surface area contributed by atoms with Crippen LogP contribution in [0.15, 0.2) is 42.0 Å². The molecule has 1 aliphatic heterocycles. The molecule has 1 N–H and O–H groups in total. The lowest BCUT2D eigenvalue weighted by Crippen LogP contribution is -2.40. The molecule has 0 amide bonds. The van der Waals surface area contributed by atoms with Crippen LogP contribution in [0.3, 0.4) is 0 Å². The second kappa shape index (κ2) is 6.57. The van der Waals surface area contributed by atoms with Gasteiger partial charge in [0.15, 0.2) is 0 Å². The molecule has 0 aliphatic carbocycles. The third-order valence-electron chi connectivity index (χ3n) is 3.85. The van der Waals surface area contributed by atoms with Crippen LogP contribution in [-0.2, 0) is 4.79 Å². The molecule has 2 aromatic rings. The minimum atomic E-state index is -4.89. The van der Waals surface area contributed by atoms with E-state index in [2.05, 4.69) is 0 Å². The summed E-state index contributed by atoms with van der Waals surface area (Å²) >= 11 is 6.09. The number of benzene rings is 2. The Morgan fingerprint density at radius 2 is 1.92 bits per heavy atom. The van der Waals surface area contributed by atoms with E-state index in [9.17, 15) is 18.0 Å². The first kappa shape index (κ1) is 18.1. The number of hydrogen-bond donors (Lipinski definition) is 1. The highest BCUT2D eigenvalue weighted by atomic mass is 35.5. The molecular weight excluding hydrogens is 373 g/mol. The fraction of sp³-hybridized carbons (Fsp3) is 0.167. The van der Waals surface area contributed by atoms with E-state index in [0.717, 1.165) is 6.08 Å². The number of methoxy groups -OCH3 is 1. The van der Waals surface area contributed by atoms with E-state index >= 15 is 0 Å². The maximum absolute atomic E-state index is 13.3. The van der Waals surface area contributed by atoms with Crippen molar-refractivity contribution in [3.63, 3.8) is 0 Å². The average molecular weight is 385 g/mol. The van der Waals surface area contributed by atoms with Gasteiger partial charge in [0.2, 0.25) is 6.10 Å². The van der Waals surface area contributed by atoms with E-state index in [0.29, 0.717) is 11.3 Å². The topological polar surface area (TPSA) is 55.8 Å². The number of para-hydroxylation sites is 1. The maximum atomic E-state index is 13.3. The lowest BCUT2D eigenvalue weighted by molar-refractivity contribution is -0.187. The summed E-state index contributed by atoms with van der Waals surface area (Å²) in [5.41, 5.74) is -0.00344. The van der Waals surface area contributed by atoms with Crippen LogP contribution >= 0.6 is 11.6 Å². The Morgan fingerprint density at radius 1 is 1.23 bits per heavy atom. The summed E-state index contributed by atoms with van der Waals surface area (Å²) in [5, 5.41) is 9.36. The van der Waals surface area contributed by atoms with E-state index in [1.165, 1.54) is 19.2 Å². The Morgan fingerprint density at radius 3 is 2.54 bits per heavy atom. The van der Waals surface area contributed by atoms with Crippen LogP contribution in [0.25, 0.3) is 17.2 Å². The summed E-state index contributed by atoms with van der Waals surface area (Å²) in [6.07, 6.45) is -6.54. The number of halogens is 4. The molecule has 3 rings (SSSR count). The van der Waals surface area contributed by atoms with Crippen LogP contribution < -0.4 is 9.47 Å². The van der Waals surface area contributed by atoms with Gasteiger partial charge in [0.1, 0.15) is 11.5 Å². The van der Waals surface area contributed by atoms with E-state index in [4.69, 9.17) is 26.2 Å². The van der Waals surface area contributed by atoms with Crippen LogP contribution in [0.5, 0.6) is 11.5 Å². The van der Waals surface area contributed by atoms with Crippen molar-refractivity contribution in [3.05, 3.63) is 52.6 Å². The number of carbonyl (C=O) groups is 1. The quantitative estimate of drug-likeness (QED) is 0.825. The van der Waals surface area contributed by atoms with Gasteiger partial charge in [-0.15, -0.1) is 0 Å². The molecule has 0 fully saturated rings. The Labute approximate surface area is 151 Å². The molecule has 2 aromatic carbocycles. The van der Waals surface area contributed by atoms with E-state index in [1.807, 2.05) is 0 Å². The van der Waals surface area contributed by atoms with E-state index in [-0.39, 0.29) is 21.9 Å². The van der Waals surface area contributed by atoms with Crippen molar-refractivity contribution < 1.29 is 32.5 Å². The minimum absolute atomic E-state index is 0.105. The van der Waals surface area contributed by atoms with Gasteiger partial charge in [-0.05, 0) is 24.3 Å². The van der Waals surface area contributed by atoms with Crippen molar-refractivity contribution in [2.24, 2.45) is 0 Å². The molecule has 0 spiro atoms. The van der Waals surface area contributed by atoms with Crippen LogP contribution in [0.1, 0.15) is 5.56 Å². The van der Waals surface area contributed by atoms with Gasteiger partial charge in [0.05, 0.1) is 12.7 Å². The van der Waals surface area contributed by atoms with Crippen molar-refractivity contribution in [3.8, 4) is 22.6 Å². The standard InChI is InChI=1S/C18H12ClF3O4/c1-25-14-5-3-2-4-11(14)12-8-10(19)6-9-7-13(17(23)24)16(18(20,21)22)26-15(9)12/h2-8,16H,1H3,(H,23,24). The Kier molecular flexibility index (Phi) is 4.58. The number of rotatable bonds is 3. The summed E-state index contributed by atoms with van der Waals surface area (Å²) in [6.45, 7) is 0. The van der Waals surface area contributed by atoms with Gasteiger partial charge in [-0.1, -0.05) is 29.8 Å². The summed E-state index contributed by atoms with van der Waals surface area (Å²) < 4.78 is 50.3. The molecule has 136 valence electrons. The highest BCUT2D eigenvalue weighted by molar-refractivity contribution is 6.31. The van der Waals surface area contributed by atoms with Crippen LogP contribution in [0.4, 0.5) is 13.2 Å². The summed E-state index contributed by atoms with van der Waals surface area (Å²) in [6, 6.07) is 9.49. The highest BCUT2D eigenvalue weighted by Gasteiger charge is 2.48. The molecule has 0 saturated heterocycles. The first-order valence-corrected chi connectivity index (χ1v) is 7.75. The lowest BCUT2D eigenvalue weighted by atomic mass is 9.95. The predicted molar refractivity (Wildman–Crippen MR) is 89.5 cm³/mol. The summed E-state index contributed by atoms with van der Waals surface area (Å²) in [5.74, 6) is -1.40. The number of ether oxygens (including phenoxy) is 2. The van der Waals surface area contributed by atoms with Crippen LogP contribution in [-0.4, -0.2) is 30.5 Å². The predicted octanol–water partition coefficient (Wildman–Crippen LogP) is 4.81. The van der Waals surface area contributed by atoms with Gasteiger partial charge in [-0.25, -0.2) is 4.79 Å². The number of carboxylic acid groups (broad SMARTS) is 1. The number of carboxylic acids is 1. The molecule has 1 heterocycles. The smallest absolute Gasteiger partial charge is 0.430 e. The molecule has 0 saturated carbocycles. The van der Waals surface area contributed by atoms with Crippen molar-refractivity contribution in [1.29, 1.82) is 0 Å². The van der Waals surface area contributed by atoms with Crippen LogP contribution in [0, 0.1) is 0 Å². The number of hydrogen-bond acceptors (Lipinski definition) is 3. The Bertz CT molecular complexity index is 906. The maximum Gasteiger partial charge on any atom is 0.430 e. The number of alkyl halides is 3. The Hall–Kier alpha value is -2.67. The van der Waals surface area contributed by atoms with Gasteiger partial charge in [0.25, 0.3) is 0 Å². The highest BCUT2D eigenvalue weighted by Crippen LogP contribution is 2.46. The summed E-state index contributed by atoms with van der Waals surface area (Å²) in [7, 11) is 1.43. The Balaban J connectivity index is 2.26. The third-order valence-corrected chi connectivity index (χ3v) is 4.07. The number of fused-ring (bicyclic) bond motifs is 1. The molecular formula is C18H12ClF3O4. The van der Waals surface area contributed by atoms with E-state index < -0.39 is 23.8 Å². The summed E-state index contributed by atoms with van der Waals surface area (Å²) in [4.78, 5) is 11.3. The SMILES string of the molecule is COc1ccccc1-c1cc(Cl)cc2c1OC(C(F)(F)F)C(C(=O)O)=C2. The molecule has 4 nitrogen and oxygen atoms in total. The van der Waals surface area contributed by atoms with Crippen molar-refractivity contribution in [2.45, 2.75) is 12.3 Å². The van der Waals surface area contributed by atoms with Crippen molar-refractivity contribution in [1.82, 2.24) is 0 Å². The average Bonchev–Trinajstić information content (AvgIpc) is 2.58. The van der Waals surface area contributed by atoms with Gasteiger partial charge in [0, 0.05) is 21.7 Å². The molecule has 0 bridgehead atoms. The first-order chi connectivity index (χ1) is 12.2. The molecule has 1 unspecified atom stereocenters. The van der Waals surface area contributed by atoms with Gasteiger partial charge in [-0.3, -0.25) is 0 Å². The van der Waals surface area contributed by atoms with Crippen molar-refractivity contribution >= 4 is 23.6 Å². The van der Waals surface area contributed by atoms with Crippen LogP contribution in [0.2, 0.25) is 5.02 Å². The fourth-order valence-corrected chi connectivity index (χ4v) is 2.99. The normalized spacial score (nSPS) is 16.3. The molecule has 26 heavy (non-hydrogen) atoms. The number of aliphatic carboxylic acids is 1. The van der Waals surface area contributed by atoms with Gasteiger partial charge in [-0.2, -0.15) is 13.2 Å². The molecule has 0 aromatic heterocycles. The van der Waals surface area contributed by atoms with Crippen molar-refractivity contribution in [2.75, 3.05) is 7.11 Å². The zero-order valence-corrected chi connectivity index (χ0v) is 14.1. The van der Waals surface area contributed by atoms with Gasteiger partial charge < -0.3 is 14.6 Å². The zero-order chi connectivity index (χ0) is 19.1. The molecule has 1 aliphatic rings. The molecule has 1 atom stereocenters. The second-order valence-electron chi connectivity index (χ2n) is 5.52. The largest absolute Gasteiger partial charge is 0.496 e. The molecule has 8 heteroatoms. The van der Waals surface area contributed by atoms with E-state index in [1.54, 1.807) is 24.3 Å². The molecule has 0 radical (unpaired) electrons. The minimum Gasteiger partial charge on any atom is -0.496 e. The van der Waals surface area contributed by atoms with Gasteiger partial charge >= 0.3 is 12.1 Å². The second-order valence-corrected chi connectivity index (χ2v) is 5.95.